The van der Waals surface area contributed by atoms with E-state index in [0.29, 0.717) is 6.07 Å². The number of nitrogens with two attached hydrogens (primary N) is 1. The van der Waals surface area contributed by atoms with Gasteiger partial charge in [0, 0.05) is 5.56 Å². The highest BCUT2D eigenvalue weighted by Crippen LogP contribution is 2.37. The molecule has 0 saturated carbocycles. The van der Waals surface area contributed by atoms with E-state index < -0.39 is 23.6 Å². The molecule has 0 unspecified atom stereocenters. The smallest absolute Gasteiger partial charge is 0.419 e. The summed E-state index contributed by atoms with van der Waals surface area (Å²) in [4.78, 5) is 3.82. The average molecular weight is 303 g/mol. The minimum atomic E-state index is -4.70. The predicted molar refractivity (Wildman–Crippen MR) is 65.0 cm³/mol. The number of aromatic hydroxyl groups is 1. The predicted octanol–water partition coefficient (Wildman–Crippen LogP) is 1.84. The van der Waals surface area contributed by atoms with E-state index in [2.05, 4.69) is 10.1 Å². The average Bonchev–Trinajstić information content (AvgIpc) is 2.88. The summed E-state index contributed by atoms with van der Waals surface area (Å²) < 4.78 is 42.9. The Balaban J connectivity index is 2.35. The lowest BCUT2D eigenvalue weighted by Crippen LogP contribution is -2.07. The van der Waals surface area contributed by atoms with Crippen molar-refractivity contribution in [2.75, 3.05) is 6.54 Å². The summed E-state index contributed by atoms with van der Waals surface area (Å²) in [5.74, 6) is -1.14. The van der Waals surface area contributed by atoms with Crippen molar-refractivity contribution in [2.24, 2.45) is 5.73 Å². The van der Waals surface area contributed by atoms with Gasteiger partial charge in [0.1, 0.15) is 11.9 Å². The first-order chi connectivity index (χ1) is 9.82. The molecule has 0 saturated heterocycles. The molecule has 0 amide bonds. The molecule has 2 rings (SSSR count). The van der Waals surface area contributed by atoms with E-state index in [1.165, 1.54) is 6.07 Å². The first-order valence-electron chi connectivity index (χ1n) is 5.95. The van der Waals surface area contributed by atoms with Crippen molar-refractivity contribution in [3.63, 3.8) is 0 Å². The summed E-state index contributed by atoms with van der Waals surface area (Å²) in [6, 6.07) is 2.82. The summed E-state index contributed by atoms with van der Waals surface area (Å²) in [6.07, 6.45) is -5.59. The SMILES string of the molecule is NCC[C@H](O)c1nc(-c2ccc(O)c(C(F)(F)F)c2)no1. The second-order valence-corrected chi connectivity index (χ2v) is 4.28. The maximum absolute atomic E-state index is 12.7. The van der Waals surface area contributed by atoms with E-state index >= 15 is 0 Å². The standard InChI is InChI=1S/C12H12F3N3O3/c13-12(14,15)7-5-6(1-2-8(7)19)10-17-11(21-18-10)9(20)3-4-16/h1-2,5,9,19-20H,3-4,16H2/t9-/m0/s1. The lowest BCUT2D eigenvalue weighted by molar-refractivity contribution is -0.138. The van der Waals surface area contributed by atoms with Gasteiger partial charge in [0.2, 0.25) is 5.82 Å². The third kappa shape index (κ3) is 3.31. The number of aromatic nitrogens is 2. The van der Waals surface area contributed by atoms with Gasteiger partial charge in [-0.3, -0.25) is 0 Å². The highest BCUT2D eigenvalue weighted by molar-refractivity contribution is 5.58. The zero-order valence-corrected chi connectivity index (χ0v) is 10.6. The zero-order chi connectivity index (χ0) is 15.6. The van der Waals surface area contributed by atoms with Crippen LogP contribution in [0.1, 0.15) is 24.0 Å². The van der Waals surface area contributed by atoms with E-state index in [0.717, 1.165) is 6.07 Å². The summed E-state index contributed by atoms with van der Waals surface area (Å²) in [7, 11) is 0. The van der Waals surface area contributed by atoms with Crippen molar-refractivity contribution in [1.82, 2.24) is 10.1 Å². The van der Waals surface area contributed by atoms with E-state index in [-0.39, 0.29) is 30.2 Å². The first kappa shape index (κ1) is 15.3. The van der Waals surface area contributed by atoms with Gasteiger partial charge < -0.3 is 20.5 Å². The molecule has 0 spiro atoms. The highest BCUT2D eigenvalue weighted by Gasteiger charge is 2.34. The van der Waals surface area contributed by atoms with Gasteiger partial charge in [-0.05, 0) is 31.2 Å². The number of nitrogens with zero attached hydrogens (tertiary/aromatic N) is 2. The molecule has 114 valence electrons. The van der Waals surface area contributed by atoms with Crippen molar-refractivity contribution < 1.29 is 27.9 Å². The number of rotatable bonds is 4. The summed E-state index contributed by atoms with van der Waals surface area (Å²) in [5.41, 5.74) is 4.08. The quantitative estimate of drug-likeness (QED) is 0.796. The van der Waals surface area contributed by atoms with Crippen LogP contribution < -0.4 is 5.73 Å². The number of alkyl halides is 3. The molecule has 0 fully saturated rings. The number of hydrogen-bond donors (Lipinski definition) is 3. The molecule has 1 atom stereocenters. The first-order valence-corrected chi connectivity index (χ1v) is 5.95. The molecule has 2 aromatic rings. The Kier molecular flexibility index (Phi) is 4.14. The highest BCUT2D eigenvalue weighted by atomic mass is 19.4. The van der Waals surface area contributed by atoms with Crippen molar-refractivity contribution in [2.45, 2.75) is 18.7 Å². The number of halogens is 3. The Bertz CT molecular complexity index is 628. The van der Waals surface area contributed by atoms with Crippen LogP contribution in [0.2, 0.25) is 0 Å². The fraction of sp³-hybridized carbons (Fsp3) is 0.333. The van der Waals surface area contributed by atoms with Gasteiger partial charge in [-0.25, -0.2) is 0 Å². The Hall–Kier alpha value is -2.13. The molecule has 0 aliphatic rings. The number of phenols is 1. The zero-order valence-electron chi connectivity index (χ0n) is 10.6. The second-order valence-electron chi connectivity index (χ2n) is 4.28. The van der Waals surface area contributed by atoms with Crippen LogP contribution >= 0.6 is 0 Å². The van der Waals surface area contributed by atoms with Crippen LogP contribution in [-0.2, 0) is 6.18 Å². The van der Waals surface area contributed by atoms with Crippen molar-refractivity contribution in [3.05, 3.63) is 29.7 Å². The van der Waals surface area contributed by atoms with E-state index in [1.807, 2.05) is 0 Å². The van der Waals surface area contributed by atoms with E-state index in [1.54, 1.807) is 0 Å². The van der Waals surface area contributed by atoms with Crippen LogP contribution in [0.15, 0.2) is 22.7 Å². The number of aliphatic hydroxyl groups excluding tert-OH is 1. The van der Waals surface area contributed by atoms with Crippen molar-refractivity contribution in [3.8, 4) is 17.1 Å². The maximum atomic E-state index is 12.7. The lowest BCUT2D eigenvalue weighted by atomic mass is 10.1. The topological polar surface area (TPSA) is 105 Å². The van der Waals surface area contributed by atoms with Crippen LogP contribution in [-0.4, -0.2) is 26.9 Å². The molecule has 9 heteroatoms. The van der Waals surface area contributed by atoms with Crippen LogP contribution in [0.3, 0.4) is 0 Å². The van der Waals surface area contributed by atoms with Crippen LogP contribution in [0, 0.1) is 0 Å². The van der Waals surface area contributed by atoms with Gasteiger partial charge in [0.15, 0.2) is 0 Å². The fourth-order valence-electron chi connectivity index (χ4n) is 1.67. The molecule has 4 N–H and O–H groups in total. The van der Waals surface area contributed by atoms with Gasteiger partial charge >= 0.3 is 6.18 Å². The molecular weight excluding hydrogens is 291 g/mol. The Morgan fingerprint density at radius 3 is 2.67 bits per heavy atom. The maximum Gasteiger partial charge on any atom is 0.419 e. The summed E-state index contributed by atoms with van der Waals surface area (Å²) >= 11 is 0. The van der Waals surface area contributed by atoms with Crippen LogP contribution in [0.5, 0.6) is 5.75 Å². The molecule has 21 heavy (non-hydrogen) atoms. The monoisotopic (exact) mass is 303 g/mol. The van der Waals surface area contributed by atoms with Crippen molar-refractivity contribution in [1.29, 1.82) is 0 Å². The molecule has 1 aromatic heterocycles. The van der Waals surface area contributed by atoms with E-state index in [9.17, 15) is 23.4 Å². The molecule has 0 aliphatic heterocycles. The Morgan fingerprint density at radius 1 is 1.33 bits per heavy atom. The van der Waals surface area contributed by atoms with Gasteiger partial charge in [0.05, 0.1) is 5.56 Å². The molecule has 0 aliphatic carbocycles. The van der Waals surface area contributed by atoms with Gasteiger partial charge in [-0.2, -0.15) is 18.2 Å². The van der Waals surface area contributed by atoms with Gasteiger partial charge in [-0.15, -0.1) is 0 Å². The Morgan fingerprint density at radius 2 is 2.05 bits per heavy atom. The molecule has 1 aromatic carbocycles. The van der Waals surface area contributed by atoms with Gasteiger partial charge in [-0.1, -0.05) is 5.16 Å². The molecule has 1 heterocycles. The van der Waals surface area contributed by atoms with Crippen LogP contribution in [0.4, 0.5) is 13.2 Å². The third-order valence-corrected chi connectivity index (χ3v) is 2.73. The molecule has 6 nitrogen and oxygen atoms in total. The van der Waals surface area contributed by atoms with E-state index in [4.69, 9.17) is 10.3 Å². The summed E-state index contributed by atoms with van der Waals surface area (Å²) in [5, 5.41) is 22.4. The number of phenolic OH excluding ortho intramolecular Hbond substituents is 1. The third-order valence-electron chi connectivity index (χ3n) is 2.73. The summed E-state index contributed by atoms with van der Waals surface area (Å²) in [6.45, 7) is 0.191. The lowest BCUT2D eigenvalue weighted by Gasteiger charge is -2.09. The number of benzene rings is 1. The minimum Gasteiger partial charge on any atom is -0.507 e. The van der Waals surface area contributed by atoms with Crippen molar-refractivity contribution >= 4 is 0 Å². The molecule has 0 bridgehead atoms. The number of hydrogen-bond acceptors (Lipinski definition) is 6. The number of aliphatic hydroxyl groups is 1. The molecule has 0 radical (unpaired) electrons. The largest absolute Gasteiger partial charge is 0.507 e. The normalized spacial score (nSPS) is 13.4. The second kappa shape index (κ2) is 5.70. The fourth-order valence-corrected chi connectivity index (χ4v) is 1.67. The minimum absolute atomic E-state index is 0.00933. The Labute approximate surface area is 117 Å². The van der Waals surface area contributed by atoms with Crippen LogP contribution in [0.25, 0.3) is 11.4 Å². The molecular formula is C12H12F3N3O3. The van der Waals surface area contributed by atoms with Gasteiger partial charge in [0.25, 0.3) is 5.89 Å².